The first-order valence-electron chi connectivity index (χ1n) is 8.95. The number of carbonyl (C=O) groups is 1. The van der Waals surface area contributed by atoms with Crippen LogP contribution in [0.15, 0.2) is 42.6 Å². The number of imidazole rings is 1. The average molecular weight is 350 g/mol. The van der Waals surface area contributed by atoms with Gasteiger partial charge in [-0.05, 0) is 43.7 Å². The molecule has 1 aromatic carbocycles. The molecule has 0 bridgehead atoms. The topological polar surface area (TPSA) is 60.2 Å². The fourth-order valence-corrected chi connectivity index (χ4v) is 3.69. The molecule has 1 aliphatic rings. The number of carbonyl (C=O) groups excluding carboxylic acids is 1. The van der Waals surface area contributed by atoms with E-state index in [0.29, 0.717) is 17.9 Å². The summed E-state index contributed by atoms with van der Waals surface area (Å²) in [6, 6.07) is 11.2. The van der Waals surface area contributed by atoms with Crippen molar-refractivity contribution in [2.75, 3.05) is 20.2 Å². The van der Waals surface area contributed by atoms with Gasteiger partial charge in [0.1, 0.15) is 17.1 Å². The number of aryl methyl sites for hydroxylation is 1. The van der Waals surface area contributed by atoms with Crippen LogP contribution in [0.25, 0.3) is 11.2 Å². The minimum Gasteiger partial charge on any atom is -0.497 e. The molecular weight excluding hydrogens is 328 g/mol. The molecule has 2 aromatic heterocycles. The quantitative estimate of drug-likeness (QED) is 0.725. The number of fused-ring (bicyclic) bond motifs is 1. The van der Waals surface area contributed by atoms with E-state index >= 15 is 0 Å². The normalized spacial score (nSPS) is 17.0. The van der Waals surface area contributed by atoms with E-state index in [-0.39, 0.29) is 11.8 Å². The summed E-state index contributed by atoms with van der Waals surface area (Å²) in [6.07, 6.45) is 2.71. The van der Waals surface area contributed by atoms with Crippen LogP contribution in [0.2, 0.25) is 0 Å². The Labute approximate surface area is 152 Å². The van der Waals surface area contributed by atoms with Crippen molar-refractivity contribution in [2.24, 2.45) is 0 Å². The maximum absolute atomic E-state index is 12.8. The summed E-state index contributed by atoms with van der Waals surface area (Å²) in [5, 5.41) is 0. The van der Waals surface area contributed by atoms with Crippen LogP contribution in [0.5, 0.6) is 5.75 Å². The third kappa shape index (κ3) is 2.81. The Hall–Kier alpha value is -2.89. The predicted octanol–water partition coefficient (Wildman–Crippen LogP) is 3.09. The maximum Gasteiger partial charge on any atom is 0.254 e. The second-order valence-corrected chi connectivity index (χ2v) is 6.53. The number of likely N-dealkylation sites (tertiary alicyclic amines) is 1. The molecule has 26 heavy (non-hydrogen) atoms. The highest BCUT2D eigenvalue weighted by atomic mass is 16.5. The van der Waals surface area contributed by atoms with E-state index in [4.69, 9.17) is 9.72 Å². The number of pyridine rings is 1. The number of aromatic nitrogens is 3. The van der Waals surface area contributed by atoms with E-state index in [1.807, 2.05) is 35.2 Å². The molecule has 0 radical (unpaired) electrons. The molecule has 1 atom stereocenters. The Bertz CT molecular complexity index is 950. The lowest BCUT2D eigenvalue weighted by molar-refractivity contribution is 0.0790. The molecular formula is C20H22N4O2. The molecule has 3 heterocycles. The highest BCUT2D eigenvalue weighted by Crippen LogP contribution is 2.30. The number of methoxy groups -OCH3 is 1. The van der Waals surface area contributed by atoms with Crippen molar-refractivity contribution in [3.8, 4) is 5.75 Å². The van der Waals surface area contributed by atoms with Gasteiger partial charge in [-0.15, -0.1) is 0 Å². The van der Waals surface area contributed by atoms with Crippen molar-refractivity contribution in [2.45, 2.75) is 25.8 Å². The lowest BCUT2D eigenvalue weighted by Crippen LogP contribution is -2.28. The van der Waals surface area contributed by atoms with Gasteiger partial charge in [0.2, 0.25) is 0 Å². The first-order chi connectivity index (χ1) is 12.7. The second kappa shape index (κ2) is 6.78. The Morgan fingerprint density at radius 1 is 1.31 bits per heavy atom. The van der Waals surface area contributed by atoms with E-state index in [0.717, 1.165) is 36.5 Å². The third-order valence-corrected chi connectivity index (χ3v) is 5.01. The van der Waals surface area contributed by atoms with Crippen LogP contribution in [-0.2, 0) is 6.54 Å². The highest BCUT2D eigenvalue weighted by molar-refractivity contribution is 5.94. The minimum atomic E-state index is 0.0451. The highest BCUT2D eigenvalue weighted by Gasteiger charge is 2.31. The number of hydrogen-bond donors (Lipinski definition) is 0. The molecule has 0 spiro atoms. The SMILES string of the molecule is CCn1c(C2CCN(C(=O)c3cccc(OC)c3)C2)nc2cccnc21. The molecule has 1 fully saturated rings. The van der Waals surface area contributed by atoms with Crippen LogP contribution in [0.3, 0.4) is 0 Å². The standard InChI is InChI=1S/C20H22N4O2/c1-3-24-18(22-17-8-5-10-21-19(17)24)15-9-11-23(13-15)20(25)14-6-4-7-16(12-14)26-2/h4-8,10,12,15H,3,9,11,13H2,1-2H3. The van der Waals surface area contributed by atoms with Crippen molar-refractivity contribution in [3.63, 3.8) is 0 Å². The molecule has 6 nitrogen and oxygen atoms in total. The van der Waals surface area contributed by atoms with Gasteiger partial charge in [0, 0.05) is 37.3 Å². The third-order valence-electron chi connectivity index (χ3n) is 5.01. The van der Waals surface area contributed by atoms with Crippen LogP contribution < -0.4 is 4.74 Å². The summed E-state index contributed by atoms with van der Waals surface area (Å²) in [7, 11) is 1.61. The monoisotopic (exact) mass is 350 g/mol. The molecule has 0 N–H and O–H groups in total. The Kier molecular flexibility index (Phi) is 4.32. The van der Waals surface area contributed by atoms with Crippen molar-refractivity contribution in [1.29, 1.82) is 0 Å². The van der Waals surface area contributed by atoms with Crippen LogP contribution in [0, 0.1) is 0 Å². The van der Waals surface area contributed by atoms with Gasteiger partial charge in [0.15, 0.2) is 5.65 Å². The molecule has 1 aliphatic heterocycles. The first kappa shape index (κ1) is 16.6. The van der Waals surface area contributed by atoms with Crippen molar-refractivity contribution in [1.82, 2.24) is 19.4 Å². The molecule has 1 saturated heterocycles. The zero-order valence-corrected chi connectivity index (χ0v) is 15.1. The lowest BCUT2D eigenvalue weighted by Gasteiger charge is -2.17. The van der Waals surface area contributed by atoms with Crippen LogP contribution in [0.1, 0.15) is 35.4 Å². The molecule has 6 heteroatoms. The minimum absolute atomic E-state index is 0.0451. The van der Waals surface area contributed by atoms with Crippen molar-refractivity contribution < 1.29 is 9.53 Å². The summed E-state index contributed by atoms with van der Waals surface area (Å²) in [4.78, 5) is 24.0. The van der Waals surface area contributed by atoms with Gasteiger partial charge in [-0.1, -0.05) is 6.07 Å². The number of ether oxygens (including phenoxy) is 1. The van der Waals surface area contributed by atoms with E-state index < -0.39 is 0 Å². The van der Waals surface area contributed by atoms with E-state index in [1.165, 1.54) is 0 Å². The fourth-order valence-electron chi connectivity index (χ4n) is 3.69. The largest absolute Gasteiger partial charge is 0.497 e. The fraction of sp³-hybridized carbons (Fsp3) is 0.350. The summed E-state index contributed by atoms with van der Waals surface area (Å²) >= 11 is 0. The van der Waals surface area contributed by atoms with Gasteiger partial charge in [-0.3, -0.25) is 4.79 Å². The number of benzene rings is 1. The van der Waals surface area contributed by atoms with E-state index in [1.54, 1.807) is 19.4 Å². The van der Waals surface area contributed by atoms with Gasteiger partial charge >= 0.3 is 0 Å². The summed E-state index contributed by atoms with van der Waals surface area (Å²) in [5.74, 6) is 2.01. The van der Waals surface area contributed by atoms with Crippen molar-refractivity contribution >= 4 is 17.1 Å². The second-order valence-electron chi connectivity index (χ2n) is 6.53. The van der Waals surface area contributed by atoms with Gasteiger partial charge in [0.05, 0.1) is 7.11 Å². The molecule has 4 rings (SSSR count). The Morgan fingerprint density at radius 2 is 2.19 bits per heavy atom. The number of rotatable bonds is 4. The molecule has 1 unspecified atom stereocenters. The zero-order chi connectivity index (χ0) is 18.1. The zero-order valence-electron chi connectivity index (χ0n) is 15.1. The Morgan fingerprint density at radius 3 is 3.00 bits per heavy atom. The molecule has 0 saturated carbocycles. The maximum atomic E-state index is 12.8. The molecule has 134 valence electrons. The summed E-state index contributed by atoms with van der Waals surface area (Å²) < 4.78 is 7.40. The van der Waals surface area contributed by atoms with Gasteiger partial charge in [-0.25, -0.2) is 9.97 Å². The summed E-state index contributed by atoms with van der Waals surface area (Å²) in [5.41, 5.74) is 2.50. The predicted molar refractivity (Wildman–Crippen MR) is 99.5 cm³/mol. The van der Waals surface area contributed by atoms with Crippen LogP contribution >= 0.6 is 0 Å². The van der Waals surface area contributed by atoms with E-state index in [9.17, 15) is 4.79 Å². The average Bonchev–Trinajstić information content (AvgIpc) is 3.31. The van der Waals surface area contributed by atoms with Crippen LogP contribution in [-0.4, -0.2) is 45.5 Å². The first-order valence-corrected chi connectivity index (χ1v) is 8.95. The number of amides is 1. The summed E-state index contributed by atoms with van der Waals surface area (Å²) in [6.45, 7) is 4.34. The van der Waals surface area contributed by atoms with Crippen LogP contribution in [0.4, 0.5) is 0 Å². The smallest absolute Gasteiger partial charge is 0.254 e. The van der Waals surface area contributed by atoms with Gasteiger partial charge in [-0.2, -0.15) is 0 Å². The molecule has 3 aromatic rings. The number of nitrogens with zero attached hydrogens (tertiary/aromatic N) is 4. The van der Waals surface area contributed by atoms with Gasteiger partial charge in [0.25, 0.3) is 5.91 Å². The van der Waals surface area contributed by atoms with Crippen molar-refractivity contribution in [3.05, 3.63) is 54.0 Å². The molecule has 1 amide bonds. The van der Waals surface area contributed by atoms with Gasteiger partial charge < -0.3 is 14.2 Å². The Balaban J connectivity index is 1.58. The lowest BCUT2D eigenvalue weighted by atomic mass is 10.1. The molecule has 0 aliphatic carbocycles. The number of hydrogen-bond acceptors (Lipinski definition) is 4. The van der Waals surface area contributed by atoms with E-state index in [2.05, 4.69) is 16.5 Å².